The van der Waals surface area contributed by atoms with Crippen LogP contribution in [-0.4, -0.2) is 5.92 Å². The average Bonchev–Trinajstić information content (AvgIpc) is 2.15. The highest BCUT2D eigenvalue weighted by atomic mass is 19.3. The molecule has 0 amide bonds. The zero-order valence-electron chi connectivity index (χ0n) is 8.06. The maximum absolute atomic E-state index is 13.7. The Bertz CT molecular complexity index is 375. The lowest BCUT2D eigenvalue weighted by molar-refractivity contribution is -0.362. The summed E-state index contributed by atoms with van der Waals surface area (Å²) < 4.78 is 27.4. The summed E-state index contributed by atoms with van der Waals surface area (Å²) in [5, 5.41) is 0. The van der Waals surface area contributed by atoms with Gasteiger partial charge in [-0.25, -0.2) is 8.78 Å². The molecule has 1 aromatic carbocycles. The van der Waals surface area contributed by atoms with Crippen molar-refractivity contribution in [1.82, 2.24) is 0 Å². The molecule has 1 aromatic rings. The number of halogens is 2. The second kappa shape index (κ2) is 2.02. The van der Waals surface area contributed by atoms with E-state index in [4.69, 9.17) is 0 Å². The number of hydrogen-bond acceptors (Lipinski definition) is 0. The van der Waals surface area contributed by atoms with Crippen molar-refractivity contribution in [2.45, 2.75) is 31.1 Å². The van der Waals surface area contributed by atoms with Gasteiger partial charge in [0.2, 0.25) is 0 Å². The summed E-state index contributed by atoms with van der Waals surface area (Å²) in [5.41, 5.74) is -0.708. The van der Waals surface area contributed by atoms with E-state index in [9.17, 15) is 8.78 Å². The smallest absolute Gasteiger partial charge is 0.205 e. The largest absolute Gasteiger partial charge is 0.262 e. The van der Waals surface area contributed by atoms with Gasteiger partial charge in [-0.15, -0.1) is 0 Å². The summed E-state index contributed by atoms with van der Waals surface area (Å²) in [5.74, 6) is -2.48. The Labute approximate surface area is 81.9 Å². The Morgan fingerprint density at radius 2 is 1.64 bits per heavy atom. The Morgan fingerprint density at radius 1 is 1.07 bits per heavy atom. The third kappa shape index (κ3) is 0.607. The molecule has 3 saturated carbocycles. The lowest BCUT2D eigenvalue weighted by atomic mass is 9.31. The van der Waals surface area contributed by atoms with Gasteiger partial charge in [-0.1, -0.05) is 37.3 Å². The van der Waals surface area contributed by atoms with Gasteiger partial charge in [0.1, 0.15) is 0 Å². The van der Waals surface area contributed by atoms with E-state index in [2.05, 4.69) is 0 Å². The molecular formula is C12H12F2. The van der Waals surface area contributed by atoms with Crippen molar-refractivity contribution < 1.29 is 8.78 Å². The van der Waals surface area contributed by atoms with E-state index in [0.29, 0.717) is 12.8 Å². The van der Waals surface area contributed by atoms with Crippen LogP contribution in [0.5, 0.6) is 0 Å². The zero-order valence-corrected chi connectivity index (χ0v) is 8.06. The monoisotopic (exact) mass is 194 g/mol. The topological polar surface area (TPSA) is 0 Å². The summed E-state index contributed by atoms with van der Waals surface area (Å²) in [6, 6.07) is 9.20. The Morgan fingerprint density at radius 3 is 2.07 bits per heavy atom. The normalized spacial score (nSPS) is 42.5. The minimum absolute atomic E-state index is 0.650. The maximum atomic E-state index is 13.7. The van der Waals surface area contributed by atoms with Gasteiger partial charge in [0.15, 0.2) is 0 Å². The molecule has 14 heavy (non-hydrogen) atoms. The van der Waals surface area contributed by atoms with Gasteiger partial charge in [0.05, 0.1) is 5.41 Å². The Hall–Kier alpha value is -0.920. The molecule has 4 rings (SSSR count). The van der Waals surface area contributed by atoms with Gasteiger partial charge in [-0.2, -0.15) is 0 Å². The average molecular weight is 194 g/mol. The van der Waals surface area contributed by atoms with Crippen LogP contribution in [0.2, 0.25) is 0 Å². The minimum atomic E-state index is -2.48. The van der Waals surface area contributed by atoms with Crippen LogP contribution in [0.25, 0.3) is 0 Å². The molecule has 2 bridgehead atoms. The number of rotatable bonds is 1. The van der Waals surface area contributed by atoms with Gasteiger partial charge in [0.25, 0.3) is 5.92 Å². The lowest BCUT2D eigenvalue weighted by Crippen LogP contribution is -2.80. The minimum Gasteiger partial charge on any atom is -0.205 e. The molecule has 0 nitrogen and oxygen atoms in total. The van der Waals surface area contributed by atoms with Crippen molar-refractivity contribution in [1.29, 1.82) is 0 Å². The Kier molecular flexibility index (Phi) is 1.21. The fourth-order valence-corrected chi connectivity index (χ4v) is 3.23. The summed E-state index contributed by atoms with van der Waals surface area (Å²) in [6.07, 6.45) is 1.30. The standard InChI is InChI=1S/C12H12F2/c1-10-7-11(8-10,12(10,13)14)9-5-3-2-4-6-9/h2-6H,7-8H2,1H3. The molecule has 0 unspecified atom stereocenters. The van der Waals surface area contributed by atoms with E-state index < -0.39 is 16.8 Å². The quantitative estimate of drug-likeness (QED) is 0.643. The van der Waals surface area contributed by atoms with Crippen molar-refractivity contribution in [2.75, 3.05) is 0 Å². The van der Waals surface area contributed by atoms with Crippen molar-refractivity contribution in [3.05, 3.63) is 35.9 Å². The first-order valence-corrected chi connectivity index (χ1v) is 4.95. The van der Waals surface area contributed by atoms with Crippen molar-refractivity contribution in [3.63, 3.8) is 0 Å². The highest BCUT2D eigenvalue weighted by molar-refractivity contribution is 5.44. The van der Waals surface area contributed by atoms with Gasteiger partial charge < -0.3 is 0 Å². The molecule has 0 spiro atoms. The second-order valence-corrected chi connectivity index (χ2v) is 4.94. The van der Waals surface area contributed by atoms with Crippen molar-refractivity contribution >= 4 is 0 Å². The fourth-order valence-electron chi connectivity index (χ4n) is 3.23. The molecule has 0 saturated heterocycles. The molecule has 0 atom stereocenters. The van der Waals surface area contributed by atoms with Crippen molar-refractivity contribution in [3.8, 4) is 0 Å². The molecule has 3 aliphatic carbocycles. The summed E-state index contributed by atoms with van der Waals surface area (Å²) in [4.78, 5) is 0. The van der Waals surface area contributed by atoms with E-state index in [1.807, 2.05) is 30.3 Å². The Balaban J connectivity index is 2.04. The predicted octanol–water partition coefficient (Wildman–Crippen LogP) is 3.37. The highest BCUT2D eigenvalue weighted by Gasteiger charge is 2.86. The molecular weight excluding hydrogens is 182 g/mol. The van der Waals surface area contributed by atoms with Gasteiger partial charge >= 0.3 is 0 Å². The first-order chi connectivity index (χ1) is 6.52. The summed E-state index contributed by atoms with van der Waals surface area (Å²) >= 11 is 0. The molecule has 2 heteroatoms. The molecule has 3 fully saturated rings. The molecule has 0 heterocycles. The number of benzene rings is 1. The third-order valence-corrected chi connectivity index (χ3v) is 4.07. The van der Waals surface area contributed by atoms with Crippen LogP contribution < -0.4 is 0 Å². The van der Waals surface area contributed by atoms with Crippen LogP contribution in [0.15, 0.2) is 30.3 Å². The molecule has 74 valence electrons. The lowest BCUT2D eigenvalue weighted by Gasteiger charge is -2.74. The zero-order chi connectivity index (χ0) is 10.0. The van der Waals surface area contributed by atoms with E-state index >= 15 is 0 Å². The number of alkyl halides is 2. The molecule has 0 N–H and O–H groups in total. The van der Waals surface area contributed by atoms with Crippen molar-refractivity contribution in [2.24, 2.45) is 5.41 Å². The van der Waals surface area contributed by atoms with Gasteiger partial charge in [-0.05, 0) is 18.4 Å². The first-order valence-electron chi connectivity index (χ1n) is 4.95. The first kappa shape index (κ1) is 8.39. The van der Waals surface area contributed by atoms with Gasteiger partial charge in [-0.3, -0.25) is 0 Å². The van der Waals surface area contributed by atoms with Crippen LogP contribution in [-0.2, 0) is 5.41 Å². The summed E-state index contributed by atoms with van der Waals surface area (Å²) in [7, 11) is 0. The SMILES string of the molecule is CC12CC(c3ccccc3)(C1)C2(F)F. The molecule has 0 aliphatic heterocycles. The van der Waals surface area contributed by atoms with Crippen LogP contribution in [0, 0.1) is 5.41 Å². The molecule has 0 radical (unpaired) electrons. The second-order valence-electron chi connectivity index (χ2n) is 4.94. The fraction of sp³-hybridized carbons (Fsp3) is 0.500. The van der Waals surface area contributed by atoms with Gasteiger partial charge in [0, 0.05) is 5.41 Å². The van der Waals surface area contributed by atoms with E-state index in [1.54, 1.807) is 6.92 Å². The summed E-state index contributed by atoms with van der Waals surface area (Å²) in [6.45, 7) is 1.69. The molecule has 3 aliphatic rings. The van der Waals surface area contributed by atoms with E-state index in [1.165, 1.54) is 0 Å². The van der Waals surface area contributed by atoms with Crippen LogP contribution >= 0.6 is 0 Å². The maximum Gasteiger partial charge on any atom is 0.262 e. The van der Waals surface area contributed by atoms with E-state index in [0.717, 1.165) is 5.56 Å². The third-order valence-electron chi connectivity index (χ3n) is 4.07. The van der Waals surface area contributed by atoms with E-state index in [-0.39, 0.29) is 0 Å². The van der Waals surface area contributed by atoms with Crippen LogP contribution in [0.4, 0.5) is 8.78 Å². The number of hydrogen-bond donors (Lipinski definition) is 0. The predicted molar refractivity (Wildman–Crippen MR) is 50.4 cm³/mol. The highest BCUT2D eigenvalue weighted by Crippen LogP contribution is 2.81. The molecule has 0 aromatic heterocycles. The van der Waals surface area contributed by atoms with Crippen LogP contribution in [0.3, 0.4) is 0 Å². The van der Waals surface area contributed by atoms with Crippen LogP contribution in [0.1, 0.15) is 25.3 Å².